The molecule has 0 bridgehead atoms. The number of rotatable bonds is 37. The van der Waals surface area contributed by atoms with E-state index >= 15 is 0 Å². The van der Waals surface area contributed by atoms with Gasteiger partial charge in [-0.2, -0.15) is 0 Å². The van der Waals surface area contributed by atoms with Gasteiger partial charge in [-0.3, -0.25) is 0 Å². The van der Waals surface area contributed by atoms with Gasteiger partial charge >= 0.3 is 0 Å². The Kier molecular flexibility index (Phi) is 34.3. The van der Waals surface area contributed by atoms with Crippen LogP contribution in [0.5, 0.6) is 0 Å². The van der Waals surface area contributed by atoms with E-state index in [-0.39, 0.29) is 0 Å². The highest BCUT2D eigenvalue weighted by Gasteiger charge is 2.12. The van der Waals surface area contributed by atoms with Crippen LogP contribution in [0.3, 0.4) is 0 Å². The van der Waals surface area contributed by atoms with Crippen molar-refractivity contribution in [3.05, 3.63) is 24.3 Å². The molecule has 0 aliphatic heterocycles. The third-order valence-electron chi connectivity index (χ3n) is 10.5. The van der Waals surface area contributed by atoms with Gasteiger partial charge in [0.1, 0.15) is 0 Å². The molecule has 0 amide bonds. The minimum Gasteiger partial charge on any atom is -0.309 e. The molecule has 0 heterocycles. The van der Waals surface area contributed by atoms with Gasteiger partial charge in [0.15, 0.2) is 0 Å². The summed E-state index contributed by atoms with van der Waals surface area (Å²) in [6.07, 6.45) is 44.6. The maximum atomic E-state index is 4.56. The lowest BCUT2D eigenvalue weighted by Crippen LogP contribution is -2.13. The normalized spacial score (nSPS) is 13.0. The van der Waals surface area contributed by atoms with Crippen LogP contribution in [-0.2, 0) is 0 Å². The number of nitrogens with zero attached hydrogens (tertiary/aromatic N) is 1. The van der Waals surface area contributed by atoms with Crippen molar-refractivity contribution in [3.63, 3.8) is 0 Å². The highest BCUT2D eigenvalue weighted by molar-refractivity contribution is 4.96. The van der Waals surface area contributed by atoms with Crippen LogP contribution in [-0.4, -0.2) is 25.5 Å². The van der Waals surface area contributed by atoms with Crippen LogP contribution >= 0.6 is 0 Å². The van der Waals surface area contributed by atoms with Gasteiger partial charge in [-0.1, -0.05) is 193 Å². The molecule has 0 rings (SSSR count). The molecule has 2 unspecified atom stereocenters. The lowest BCUT2D eigenvalue weighted by molar-refractivity contribution is 0.346. The van der Waals surface area contributed by atoms with E-state index in [0.29, 0.717) is 0 Å². The van der Waals surface area contributed by atoms with Crippen LogP contribution in [0.25, 0.3) is 0 Å². The fourth-order valence-electron chi connectivity index (χ4n) is 7.27. The van der Waals surface area contributed by atoms with E-state index in [9.17, 15) is 0 Å². The Hall–Kier alpha value is -0.560. The number of allylic oxidation sites excluding steroid dienone is 2. The van der Waals surface area contributed by atoms with Gasteiger partial charge in [0, 0.05) is 0 Å². The summed E-state index contributed by atoms with van der Waals surface area (Å²) < 4.78 is 0. The third-order valence-corrected chi connectivity index (χ3v) is 10.5. The van der Waals surface area contributed by atoms with Crippen LogP contribution in [0.1, 0.15) is 226 Å². The van der Waals surface area contributed by atoms with Crippen molar-refractivity contribution in [1.82, 2.24) is 4.90 Å². The Balaban J connectivity index is 4.23. The first-order valence-corrected chi connectivity index (χ1v) is 20.9. The summed E-state index contributed by atoms with van der Waals surface area (Å²) in [5, 5.41) is 0. The first-order chi connectivity index (χ1) is 21.9. The third kappa shape index (κ3) is 33.1. The minimum atomic E-state index is 0.864. The first-order valence-electron chi connectivity index (χ1n) is 20.9. The number of unbranched alkanes of at least 4 members (excludes halogenated alkanes) is 17. The molecule has 0 radical (unpaired) electrons. The summed E-state index contributed by atoms with van der Waals surface area (Å²) in [4.78, 5) is 2.35. The summed E-state index contributed by atoms with van der Waals surface area (Å²) in [6.45, 7) is 17.3. The predicted molar refractivity (Wildman–Crippen MR) is 209 cm³/mol. The van der Waals surface area contributed by atoms with E-state index in [2.05, 4.69) is 52.9 Å². The second kappa shape index (κ2) is 34.8. The van der Waals surface area contributed by atoms with E-state index < -0.39 is 0 Å². The molecule has 0 aliphatic carbocycles. The number of hydrogen-bond acceptors (Lipinski definition) is 1. The largest absolute Gasteiger partial charge is 0.309 e. The van der Waals surface area contributed by atoms with Gasteiger partial charge in [-0.25, -0.2) is 0 Å². The zero-order valence-corrected chi connectivity index (χ0v) is 32.4. The molecule has 268 valence electrons. The molecule has 0 N–H and O–H groups in total. The van der Waals surface area contributed by atoms with Gasteiger partial charge in [0.05, 0.1) is 0 Å². The SMILES string of the molecule is C=C(CCCCCCCCCC)CCC(CCC)CCC(=C)CCCC(CCCCCCCCCCCC)CCCCN(C)C. The zero-order valence-electron chi connectivity index (χ0n) is 32.4. The molecule has 0 saturated heterocycles. The molecular weight excluding hydrogens is 542 g/mol. The molecule has 0 aliphatic rings. The van der Waals surface area contributed by atoms with E-state index in [4.69, 9.17) is 0 Å². The van der Waals surface area contributed by atoms with Crippen molar-refractivity contribution in [1.29, 1.82) is 0 Å². The number of hydrogen-bond donors (Lipinski definition) is 0. The maximum absolute atomic E-state index is 4.56. The molecular formula is C44H87N. The molecule has 0 aromatic heterocycles. The predicted octanol–water partition coefficient (Wildman–Crippen LogP) is 15.4. The summed E-state index contributed by atoms with van der Waals surface area (Å²) in [5.74, 6) is 1.80. The molecule has 45 heavy (non-hydrogen) atoms. The van der Waals surface area contributed by atoms with Crippen molar-refractivity contribution in [2.45, 2.75) is 226 Å². The monoisotopic (exact) mass is 630 g/mol. The molecule has 0 saturated carbocycles. The van der Waals surface area contributed by atoms with E-state index in [1.54, 1.807) is 0 Å². The quantitative estimate of drug-likeness (QED) is 0.0488. The summed E-state index contributed by atoms with van der Waals surface area (Å²) in [7, 11) is 4.43. The van der Waals surface area contributed by atoms with Crippen LogP contribution in [0.2, 0.25) is 0 Å². The topological polar surface area (TPSA) is 3.24 Å². The lowest BCUT2D eigenvalue weighted by Gasteiger charge is -2.19. The zero-order chi connectivity index (χ0) is 33.2. The molecule has 1 heteroatoms. The standard InChI is InChI=1S/C44H87N/c1-8-11-13-15-17-19-20-22-24-26-33-44(34-27-28-40-45(6)7)35-29-32-42(5)37-39-43(30-10-3)38-36-41(4)31-25-23-21-18-16-14-12-9-2/h43-44H,4-5,8-40H2,1-3,6-7H3. The van der Waals surface area contributed by atoms with Crippen LogP contribution in [0, 0.1) is 11.8 Å². The highest BCUT2D eigenvalue weighted by Crippen LogP contribution is 2.28. The van der Waals surface area contributed by atoms with Crippen LogP contribution < -0.4 is 0 Å². The molecule has 0 aromatic carbocycles. The van der Waals surface area contributed by atoms with E-state index in [0.717, 1.165) is 11.8 Å². The minimum absolute atomic E-state index is 0.864. The van der Waals surface area contributed by atoms with Gasteiger partial charge in [0.25, 0.3) is 0 Å². The average Bonchev–Trinajstić information content (AvgIpc) is 3.02. The smallest absolute Gasteiger partial charge is 0.00248 e. The van der Waals surface area contributed by atoms with Crippen molar-refractivity contribution in [2.75, 3.05) is 20.6 Å². The molecule has 0 aromatic rings. The fraction of sp³-hybridized carbons (Fsp3) is 0.909. The molecule has 2 atom stereocenters. The Bertz CT molecular complexity index is 618. The average molecular weight is 630 g/mol. The van der Waals surface area contributed by atoms with Crippen LogP contribution in [0.4, 0.5) is 0 Å². The Morgan fingerprint density at radius 2 is 0.756 bits per heavy atom. The Morgan fingerprint density at radius 1 is 0.378 bits per heavy atom. The van der Waals surface area contributed by atoms with Gasteiger partial charge in [-0.15, -0.1) is 0 Å². The van der Waals surface area contributed by atoms with E-state index in [1.165, 1.54) is 223 Å². The highest BCUT2D eigenvalue weighted by atomic mass is 15.0. The second-order valence-corrected chi connectivity index (χ2v) is 15.5. The molecule has 0 spiro atoms. The summed E-state index contributed by atoms with van der Waals surface area (Å²) in [5.41, 5.74) is 3.04. The van der Waals surface area contributed by atoms with Gasteiger partial charge in [-0.05, 0) is 90.3 Å². The van der Waals surface area contributed by atoms with Crippen LogP contribution in [0.15, 0.2) is 24.3 Å². The van der Waals surface area contributed by atoms with Crippen molar-refractivity contribution in [3.8, 4) is 0 Å². The Morgan fingerprint density at radius 3 is 1.22 bits per heavy atom. The second-order valence-electron chi connectivity index (χ2n) is 15.5. The van der Waals surface area contributed by atoms with Crippen molar-refractivity contribution < 1.29 is 0 Å². The van der Waals surface area contributed by atoms with Gasteiger partial charge < -0.3 is 4.90 Å². The molecule has 1 nitrogen and oxygen atoms in total. The summed E-state index contributed by atoms with van der Waals surface area (Å²) >= 11 is 0. The van der Waals surface area contributed by atoms with Crippen molar-refractivity contribution >= 4 is 0 Å². The van der Waals surface area contributed by atoms with Gasteiger partial charge in [0.2, 0.25) is 0 Å². The summed E-state index contributed by atoms with van der Waals surface area (Å²) in [6, 6.07) is 0. The first kappa shape index (κ1) is 44.4. The Labute approximate surface area is 287 Å². The lowest BCUT2D eigenvalue weighted by atomic mass is 9.87. The van der Waals surface area contributed by atoms with E-state index in [1.807, 2.05) is 0 Å². The fourth-order valence-corrected chi connectivity index (χ4v) is 7.27. The van der Waals surface area contributed by atoms with Crippen molar-refractivity contribution in [2.24, 2.45) is 11.8 Å². The maximum Gasteiger partial charge on any atom is -0.00248 e. The molecule has 0 fully saturated rings.